The number of rotatable bonds is 11. The van der Waals surface area contributed by atoms with Gasteiger partial charge in [0.05, 0.1) is 11.3 Å². The van der Waals surface area contributed by atoms with Crippen LogP contribution in [0, 0.1) is 0 Å². The van der Waals surface area contributed by atoms with Crippen LogP contribution in [0.2, 0.25) is 0 Å². The lowest BCUT2D eigenvalue weighted by molar-refractivity contribution is -0.148. The number of pyridine rings is 1. The molecule has 0 aliphatic rings. The molecule has 0 bridgehead atoms. The smallest absolute Gasteiger partial charge is 0.325 e. The molecular weight excluding hydrogens is 434 g/mol. The summed E-state index contributed by atoms with van der Waals surface area (Å²) in [4.78, 5) is 40.0. The van der Waals surface area contributed by atoms with Gasteiger partial charge in [0, 0.05) is 6.20 Å². The molecule has 32 heavy (non-hydrogen) atoms. The zero-order valence-electron chi connectivity index (χ0n) is 18.0. The van der Waals surface area contributed by atoms with Gasteiger partial charge in [-0.15, -0.1) is 0 Å². The monoisotopic (exact) mass is 461 g/mol. The van der Waals surface area contributed by atoms with Gasteiger partial charge in [0.25, 0.3) is 11.8 Å². The fraction of sp³-hybridized carbons (Fsp3) is 0.364. The predicted molar refractivity (Wildman–Crippen MR) is 118 cm³/mol. The number of nitrogens with zero attached hydrogens (tertiary/aromatic N) is 1. The molecule has 1 aromatic heterocycles. The number of benzene rings is 1. The maximum Gasteiger partial charge on any atom is 0.325 e. The lowest BCUT2D eigenvalue weighted by Gasteiger charge is -2.14. The summed E-state index contributed by atoms with van der Waals surface area (Å²) in [7, 11) is -3.84. The molecule has 172 valence electrons. The second-order valence-corrected chi connectivity index (χ2v) is 8.87. The maximum atomic E-state index is 12.2. The van der Waals surface area contributed by atoms with Crippen LogP contribution in [0.15, 0.2) is 48.7 Å². The highest BCUT2D eigenvalue weighted by Crippen LogP contribution is 2.05. The van der Waals surface area contributed by atoms with E-state index >= 15 is 0 Å². The Labute approximate surface area is 187 Å². The quantitative estimate of drug-likeness (QED) is 0.488. The number of aromatic nitrogens is 1. The summed E-state index contributed by atoms with van der Waals surface area (Å²) in [6, 6.07) is 11.6. The summed E-state index contributed by atoms with van der Waals surface area (Å²) in [6.07, 6.45) is 2.53. The molecule has 2 amide bonds. The number of aryl methyl sites for hydroxylation is 1. The van der Waals surface area contributed by atoms with Crippen molar-refractivity contribution in [3.05, 3.63) is 65.5 Å². The van der Waals surface area contributed by atoms with Crippen molar-refractivity contribution in [2.24, 2.45) is 0 Å². The third kappa shape index (κ3) is 8.10. The van der Waals surface area contributed by atoms with Crippen LogP contribution in [-0.4, -0.2) is 49.6 Å². The van der Waals surface area contributed by atoms with Crippen molar-refractivity contribution in [1.82, 2.24) is 15.0 Å². The van der Waals surface area contributed by atoms with Crippen molar-refractivity contribution in [3.63, 3.8) is 0 Å². The molecule has 0 atom stereocenters. The lowest BCUT2D eigenvalue weighted by atomic mass is 10.2. The summed E-state index contributed by atoms with van der Waals surface area (Å²) in [5, 5.41) is 2.40. The van der Waals surface area contributed by atoms with Gasteiger partial charge in [-0.05, 0) is 37.0 Å². The van der Waals surface area contributed by atoms with E-state index in [0.29, 0.717) is 12.8 Å². The normalized spacial score (nSPS) is 11.1. The van der Waals surface area contributed by atoms with E-state index in [0.717, 1.165) is 11.8 Å². The number of hydrogen-bond acceptors (Lipinski definition) is 7. The summed E-state index contributed by atoms with van der Waals surface area (Å²) in [5.74, 6) is -2.26. The molecule has 1 heterocycles. The predicted octanol–water partition coefficient (Wildman–Crippen LogP) is 1.85. The van der Waals surface area contributed by atoms with Gasteiger partial charge < -0.3 is 10.1 Å². The fourth-order valence-electron chi connectivity index (χ4n) is 2.74. The van der Waals surface area contributed by atoms with E-state index in [2.05, 4.69) is 10.3 Å². The van der Waals surface area contributed by atoms with Gasteiger partial charge >= 0.3 is 5.97 Å². The highest BCUT2D eigenvalue weighted by molar-refractivity contribution is 7.90. The van der Waals surface area contributed by atoms with Crippen molar-refractivity contribution in [2.45, 2.75) is 39.2 Å². The van der Waals surface area contributed by atoms with E-state index in [4.69, 9.17) is 4.74 Å². The van der Waals surface area contributed by atoms with Crippen LogP contribution in [0.3, 0.4) is 0 Å². The van der Waals surface area contributed by atoms with E-state index in [1.807, 2.05) is 24.6 Å². The van der Waals surface area contributed by atoms with Crippen LogP contribution in [0.5, 0.6) is 0 Å². The van der Waals surface area contributed by atoms with E-state index < -0.39 is 27.8 Å². The van der Waals surface area contributed by atoms with Crippen molar-refractivity contribution in [3.8, 4) is 0 Å². The number of carbonyl (C=O) groups is 3. The average molecular weight is 462 g/mol. The average Bonchev–Trinajstić information content (AvgIpc) is 2.80. The zero-order valence-corrected chi connectivity index (χ0v) is 18.9. The highest BCUT2D eigenvalue weighted by atomic mass is 32.2. The number of esters is 1. The largest absolute Gasteiger partial charge is 0.461 e. The van der Waals surface area contributed by atoms with Gasteiger partial charge in [0.15, 0.2) is 0 Å². The van der Waals surface area contributed by atoms with Gasteiger partial charge in [-0.2, -0.15) is 0 Å². The second kappa shape index (κ2) is 11.9. The first-order chi connectivity index (χ1) is 15.2. The molecule has 0 radical (unpaired) electrons. The summed E-state index contributed by atoms with van der Waals surface area (Å²) in [5.41, 5.74) is 0.799. The van der Waals surface area contributed by atoms with E-state index in [9.17, 15) is 22.8 Å². The Balaban J connectivity index is 1.87. The molecule has 0 saturated carbocycles. The molecule has 0 aliphatic carbocycles. The van der Waals surface area contributed by atoms with Gasteiger partial charge in [0.1, 0.15) is 18.3 Å². The van der Waals surface area contributed by atoms with Crippen LogP contribution >= 0.6 is 0 Å². The Morgan fingerprint density at radius 2 is 1.69 bits per heavy atom. The number of ether oxygens (including phenoxy) is 1. The Morgan fingerprint density at radius 1 is 1.00 bits per heavy atom. The number of sulfonamides is 1. The Kier molecular flexibility index (Phi) is 9.33. The van der Waals surface area contributed by atoms with Crippen LogP contribution in [-0.2, 0) is 26.0 Å². The standard InChI is InChI=1S/C22H27N3O6S/c1-3-18(4-2)31-20(26)15-24-22(28)19-11-10-17(14-23-19)21(27)25-32(29,30)13-12-16-8-6-5-7-9-16/h5-11,14,18H,3-4,12-13,15H2,1-2H3,(H,24,28)(H,25,27). The Bertz CT molecular complexity index is 1020. The van der Waals surface area contributed by atoms with Crippen LogP contribution in [0.1, 0.15) is 53.1 Å². The minimum atomic E-state index is -3.84. The first-order valence-corrected chi connectivity index (χ1v) is 11.9. The van der Waals surface area contributed by atoms with Gasteiger partial charge in [-0.3, -0.25) is 19.4 Å². The molecule has 1 aromatic carbocycles. The van der Waals surface area contributed by atoms with Crippen molar-refractivity contribution in [1.29, 1.82) is 0 Å². The highest BCUT2D eigenvalue weighted by Gasteiger charge is 2.18. The van der Waals surface area contributed by atoms with Crippen molar-refractivity contribution < 1.29 is 27.5 Å². The van der Waals surface area contributed by atoms with Crippen molar-refractivity contribution >= 4 is 27.8 Å². The van der Waals surface area contributed by atoms with E-state index in [1.165, 1.54) is 12.1 Å². The van der Waals surface area contributed by atoms with Crippen LogP contribution < -0.4 is 10.0 Å². The topological polar surface area (TPSA) is 132 Å². The van der Waals surface area contributed by atoms with Gasteiger partial charge in [-0.1, -0.05) is 44.2 Å². The van der Waals surface area contributed by atoms with E-state index in [1.54, 1.807) is 24.3 Å². The molecule has 0 aliphatic heterocycles. The zero-order chi connectivity index (χ0) is 23.6. The summed E-state index contributed by atoms with van der Waals surface area (Å²) < 4.78 is 31.5. The minimum Gasteiger partial charge on any atom is -0.461 e. The first kappa shape index (κ1) is 25.0. The molecule has 0 saturated heterocycles. The second-order valence-electron chi connectivity index (χ2n) is 7.03. The van der Waals surface area contributed by atoms with Crippen molar-refractivity contribution in [2.75, 3.05) is 12.3 Å². The molecule has 0 unspecified atom stereocenters. The van der Waals surface area contributed by atoms with E-state index in [-0.39, 0.29) is 36.1 Å². The van der Waals surface area contributed by atoms with Crippen LogP contribution in [0.25, 0.3) is 0 Å². The molecule has 10 heteroatoms. The Hall–Kier alpha value is -3.27. The first-order valence-electron chi connectivity index (χ1n) is 10.3. The number of hydrogen-bond donors (Lipinski definition) is 2. The van der Waals surface area contributed by atoms with Crippen LogP contribution in [0.4, 0.5) is 0 Å². The number of nitrogens with one attached hydrogen (secondary N) is 2. The summed E-state index contributed by atoms with van der Waals surface area (Å²) in [6.45, 7) is 3.49. The SMILES string of the molecule is CCC(CC)OC(=O)CNC(=O)c1ccc(C(=O)NS(=O)(=O)CCc2ccccc2)cn1. The molecular formula is C22H27N3O6S. The number of carbonyl (C=O) groups excluding carboxylic acids is 3. The summed E-state index contributed by atoms with van der Waals surface area (Å²) >= 11 is 0. The Morgan fingerprint density at radius 3 is 2.28 bits per heavy atom. The van der Waals surface area contributed by atoms with Gasteiger partial charge in [0.2, 0.25) is 10.0 Å². The molecule has 2 N–H and O–H groups in total. The van der Waals surface area contributed by atoms with Gasteiger partial charge in [-0.25, -0.2) is 13.1 Å². The third-order valence-corrected chi connectivity index (χ3v) is 5.85. The third-order valence-electron chi connectivity index (χ3n) is 4.61. The molecule has 2 aromatic rings. The maximum absolute atomic E-state index is 12.2. The fourth-order valence-corrected chi connectivity index (χ4v) is 3.74. The lowest BCUT2D eigenvalue weighted by Crippen LogP contribution is -2.34. The molecule has 0 fully saturated rings. The molecule has 0 spiro atoms. The molecule has 2 rings (SSSR count). The molecule has 9 nitrogen and oxygen atoms in total. The minimum absolute atomic E-state index is 0.0158. The number of amides is 2.